The third-order valence-corrected chi connectivity index (χ3v) is 3.97. The first-order chi connectivity index (χ1) is 10.9. The van der Waals surface area contributed by atoms with E-state index in [0.717, 1.165) is 0 Å². The van der Waals surface area contributed by atoms with Crippen molar-refractivity contribution < 1.29 is 0 Å². The lowest BCUT2D eigenvalue weighted by Gasteiger charge is -2.04. The Morgan fingerprint density at radius 3 is 1.50 bits per heavy atom. The molecule has 0 heterocycles. The lowest BCUT2D eigenvalue weighted by Crippen LogP contribution is -2.30. The fourth-order valence-electron chi connectivity index (χ4n) is 2.92. The summed E-state index contributed by atoms with van der Waals surface area (Å²) in [5.41, 5.74) is 8.89. The third kappa shape index (κ3) is 2.14. The van der Waals surface area contributed by atoms with E-state index in [1.165, 1.54) is 32.0 Å². The van der Waals surface area contributed by atoms with E-state index in [1.807, 2.05) is 12.2 Å². The van der Waals surface area contributed by atoms with Crippen LogP contribution in [0.5, 0.6) is 0 Å². The van der Waals surface area contributed by atoms with E-state index < -0.39 is 0 Å². The first kappa shape index (κ1) is 12.7. The largest absolute Gasteiger partial charge is 0.120 e. The molecule has 0 heteroatoms. The molecule has 2 aliphatic carbocycles. The Bertz CT molecular complexity index is 1030. The maximum absolute atomic E-state index is 3.26. The van der Waals surface area contributed by atoms with Crippen LogP contribution in [0, 0.1) is 0 Å². The van der Waals surface area contributed by atoms with Crippen molar-refractivity contribution in [3.05, 3.63) is 105 Å². The molecule has 102 valence electrons. The van der Waals surface area contributed by atoms with Crippen molar-refractivity contribution in [3.63, 3.8) is 0 Å². The van der Waals surface area contributed by atoms with Crippen LogP contribution in [0.4, 0.5) is 0 Å². The molecule has 0 radical (unpaired) electrons. The van der Waals surface area contributed by atoms with Crippen LogP contribution in [0.1, 0.15) is 0 Å². The first-order valence-corrected chi connectivity index (χ1v) is 7.38. The highest BCUT2D eigenvalue weighted by Crippen LogP contribution is 2.13. The molecule has 0 saturated heterocycles. The van der Waals surface area contributed by atoms with Crippen molar-refractivity contribution in [2.45, 2.75) is 0 Å². The SMILES string of the molecule is C1=CC=c2ccccc2=C(C2=c3ccccc3=CC=C=C2)C=1. The summed E-state index contributed by atoms with van der Waals surface area (Å²) in [6.07, 6.45) is 12.3. The minimum atomic E-state index is 1.18. The van der Waals surface area contributed by atoms with Crippen molar-refractivity contribution in [1.29, 1.82) is 0 Å². The van der Waals surface area contributed by atoms with E-state index in [2.05, 4.69) is 84.3 Å². The van der Waals surface area contributed by atoms with Crippen LogP contribution in [0.3, 0.4) is 0 Å². The molecule has 0 aliphatic heterocycles. The predicted molar refractivity (Wildman–Crippen MR) is 92.4 cm³/mol. The van der Waals surface area contributed by atoms with Crippen molar-refractivity contribution in [1.82, 2.24) is 0 Å². The molecular weight excluding hydrogens is 264 g/mol. The lowest BCUT2D eigenvalue weighted by atomic mass is 9.99. The molecule has 2 aromatic rings. The highest BCUT2D eigenvalue weighted by molar-refractivity contribution is 5.99. The standard InChI is InChI=1S/C22H14/c1-5-13-19-17(9-1)11-3-7-15-21(19)22-16-8-4-12-18-10-2-6-14-20(18)22/h1-6,9-16H. The normalized spacial score (nSPS) is 14.5. The fourth-order valence-corrected chi connectivity index (χ4v) is 2.92. The van der Waals surface area contributed by atoms with Gasteiger partial charge in [0.15, 0.2) is 0 Å². The summed E-state index contributed by atoms with van der Waals surface area (Å²) >= 11 is 0. The van der Waals surface area contributed by atoms with Gasteiger partial charge in [-0.15, -0.1) is 11.5 Å². The lowest BCUT2D eigenvalue weighted by molar-refractivity contribution is 1.48. The van der Waals surface area contributed by atoms with Gasteiger partial charge in [0.2, 0.25) is 0 Å². The van der Waals surface area contributed by atoms with Crippen molar-refractivity contribution in [2.75, 3.05) is 0 Å². The average Bonchev–Trinajstić information content (AvgIpc) is 2.90. The summed E-state index contributed by atoms with van der Waals surface area (Å²) in [6.45, 7) is 0. The van der Waals surface area contributed by atoms with Gasteiger partial charge in [0.25, 0.3) is 0 Å². The summed E-state index contributed by atoms with van der Waals surface area (Å²) in [4.78, 5) is 0. The first-order valence-electron chi connectivity index (χ1n) is 7.38. The quantitative estimate of drug-likeness (QED) is 0.697. The summed E-state index contributed by atoms with van der Waals surface area (Å²) in [5, 5.41) is 4.89. The molecule has 0 fully saturated rings. The van der Waals surface area contributed by atoms with Gasteiger partial charge < -0.3 is 0 Å². The molecule has 22 heavy (non-hydrogen) atoms. The highest BCUT2D eigenvalue weighted by Gasteiger charge is 2.05. The minimum absolute atomic E-state index is 1.18. The van der Waals surface area contributed by atoms with Gasteiger partial charge in [0.1, 0.15) is 0 Å². The Hall–Kier alpha value is -3.04. The van der Waals surface area contributed by atoms with Crippen molar-refractivity contribution in [3.8, 4) is 0 Å². The zero-order chi connectivity index (χ0) is 14.8. The van der Waals surface area contributed by atoms with E-state index in [-0.39, 0.29) is 0 Å². The maximum Gasteiger partial charge on any atom is -0.00157 e. The molecule has 0 amide bonds. The molecule has 0 aromatic heterocycles. The van der Waals surface area contributed by atoms with Crippen LogP contribution in [-0.2, 0) is 0 Å². The maximum atomic E-state index is 3.26. The molecule has 0 unspecified atom stereocenters. The van der Waals surface area contributed by atoms with Gasteiger partial charge in [-0.25, -0.2) is 0 Å². The van der Waals surface area contributed by atoms with Crippen LogP contribution >= 0.6 is 0 Å². The molecule has 4 rings (SSSR count). The van der Waals surface area contributed by atoms with Gasteiger partial charge in [0, 0.05) is 0 Å². The molecule has 2 aliphatic rings. The number of rotatable bonds is 1. The molecule has 0 N–H and O–H groups in total. The molecule has 0 bridgehead atoms. The van der Waals surface area contributed by atoms with Crippen LogP contribution in [0.15, 0.2) is 84.3 Å². The predicted octanol–water partition coefficient (Wildman–Crippen LogP) is 1.70. The Morgan fingerprint density at radius 2 is 1.00 bits per heavy atom. The number of hydrogen-bond acceptors (Lipinski definition) is 0. The molecule has 0 nitrogen and oxygen atoms in total. The number of fused-ring (bicyclic) bond motifs is 2. The van der Waals surface area contributed by atoms with E-state index in [4.69, 9.17) is 0 Å². The van der Waals surface area contributed by atoms with E-state index in [9.17, 15) is 0 Å². The van der Waals surface area contributed by atoms with Crippen molar-refractivity contribution in [2.24, 2.45) is 0 Å². The van der Waals surface area contributed by atoms with Crippen molar-refractivity contribution >= 4 is 23.3 Å². The Kier molecular flexibility index (Phi) is 3.11. The van der Waals surface area contributed by atoms with E-state index >= 15 is 0 Å². The van der Waals surface area contributed by atoms with Crippen LogP contribution in [0.2, 0.25) is 0 Å². The average molecular weight is 278 g/mol. The number of allylic oxidation sites excluding steroid dienone is 2. The number of benzene rings is 2. The second-order valence-corrected chi connectivity index (χ2v) is 5.29. The summed E-state index contributed by atoms with van der Waals surface area (Å²) in [7, 11) is 0. The van der Waals surface area contributed by atoms with Gasteiger partial charge in [-0.1, -0.05) is 48.5 Å². The summed E-state index contributed by atoms with van der Waals surface area (Å²) in [6, 6.07) is 16.9. The fraction of sp³-hybridized carbons (Fsp3) is 0. The van der Waals surface area contributed by atoms with Crippen LogP contribution in [0.25, 0.3) is 23.3 Å². The minimum Gasteiger partial charge on any atom is -0.120 e. The topological polar surface area (TPSA) is 0 Å². The monoisotopic (exact) mass is 278 g/mol. The Labute approximate surface area is 129 Å². The zero-order valence-electron chi connectivity index (χ0n) is 12.1. The van der Waals surface area contributed by atoms with Gasteiger partial charge in [-0.2, -0.15) is 0 Å². The highest BCUT2D eigenvalue weighted by atomic mass is 14.1. The molecule has 2 aromatic carbocycles. The second kappa shape index (κ2) is 5.39. The Morgan fingerprint density at radius 1 is 0.545 bits per heavy atom. The molecule has 0 spiro atoms. The van der Waals surface area contributed by atoms with Crippen LogP contribution < -0.4 is 20.9 Å². The third-order valence-electron chi connectivity index (χ3n) is 3.97. The molecular formula is C22H14. The molecule has 0 atom stereocenters. The summed E-state index contributed by atoms with van der Waals surface area (Å²) < 4.78 is 0. The van der Waals surface area contributed by atoms with Gasteiger partial charge in [0.05, 0.1) is 0 Å². The summed E-state index contributed by atoms with van der Waals surface area (Å²) in [5.74, 6) is 0. The van der Waals surface area contributed by atoms with E-state index in [1.54, 1.807) is 0 Å². The number of hydrogen-bond donors (Lipinski definition) is 0. The Balaban J connectivity index is 2.25. The smallest absolute Gasteiger partial charge is 0.00157 e. The van der Waals surface area contributed by atoms with Gasteiger partial charge >= 0.3 is 0 Å². The van der Waals surface area contributed by atoms with Gasteiger partial charge in [-0.3, -0.25) is 0 Å². The zero-order valence-corrected chi connectivity index (χ0v) is 12.1. The second-order valence-electron chi connectivity index (χ2n) is 5.29. The van der Waals surface area contributed by atoms with Gasteiger partial charge in [-0.05, 0) is 68.5 Å². The van der Waals surface area contributed by atoms with E-state index in [0.29, 0.717) is 0 Å². The van der Waals surface area contributed by atoms with Crippen LogP contribution in [-0.4, -0.2) is 0 Å². The molecule has 0 saturated carbocycles.